The van der Waals surface area contributed by atoms with Gasteiger partial charge in [-0.05, 0) is 49.9 Å². The average Bonchev–Trinajstić information content (AvgIpc) is 2.79. The van der Waals surface area contributed by atoms with E-state index in [0.29, 0.717) is 30.5 Å². The number of methoxy groups -OCH3 is 1. The summed E-state index contributed by atoms with van der Waals surface area (Å²) < 4.78 is 11.0. The second kappa shape index (κ2) is 15.4. The highest BCUT2D eigenvalue weighted by atomic mass is 127. The molecule has 1 unspecified atom stereocenters. The van der Waals surface area contributed by atoms with Gasteiger partial charge in [0, 0.05) is 19.6 Å². The van der Waals surface area contributed by atoms with Crippen LogP contribution < -0.4 is 25.4 Å². The molecule has 0 heterocycles. The van der Waals surface area contributed by atoms with E-state index in [4.69, 9.17) is 14.5 Å². The van der Waals surface area contributed by atoms with E-state index in [2.05, 4.69) is 54.1 Å². The van der Waals surface area contributed by atoms with Gasteiger partial charge in [0.1, 0.15) is 0 Å². The number of likely N-dealkylation sites (N-methyl/N-ethyl adjacent to an activating group) is 1. The molecule has 0 aliphatic carbocycles. The van der Waals surface area contributed by atoms with Crippen LogP contribution in [0.2, 0.25) is 0 Å². The Hall–Kier alpha value is -2.49. The second-order valence-electron chi connectivity index (χ2n) is 7.62. The molecule has 8 heteroatoms. The number of aryl methyl sites for hydroxylation is 1. The van der Waals surface area contributed by atoms with Gasteiger partial charge in [0.2, 0.25) is 0 Å². The largest absolute Gasteiger partial charge is 0.493 e. The van der Waals surface area contributed by atoms with Gasteiger partial charge in [-0.3, -0.25) is 4.79 Å². The predicted molar refractivity (Wildman–Crippen MR) is 145 cm³/mol. The van der Waals surface area contributed by atoms with Crippen molar-refractivity contribution in [3.05, 3.63) is 59.2 Å². The van der Waals surface area contributed by atoms with Crippen molar-refractivity contribution < 1.29 is 14.3 Å². The van der Waals surface area contributed by atoms with Crippen LogP contribution >= 0.6 is 24.0 Å². The summed E-state index contributed by atoms with van der Waals surface area (Å²) in [6.07, 6.45) is 0. The number of nitrogens with zero attached hydrogens (tertiary/aromatic N) is 1. The molecular weight excluding hydrogens is 531 g/mol. The Labute approximate surface area is 214 Å². The Morgan fingerprint density at radius 3 is 2.45 bits per heavy atom. The number of halogens is 1. The second-order valence-corrected chi connectivity index (χ2v) is 7.62. The summed E-state index contributed by atoms with van der Waals surface area (Å²) in [7, 11) is 1.58. The fourth-order valence-electron chi connectivity index (χ4n) is 3.18. The first-order chi connectivity index (χ1) is 15.5. The van der Waals surface area contributed by atoms with Gasteiger partial charge in [0.25, 0.3) is 5.91 Å². The fraction of sp³-hybridized carbons (Fsp3) is 0.440. The van der Waals surface area contributed by atoms with E-state index in [9.17, 15) is 4.79 Å². The molecule has 0 saturated heterocycles. The number of amides is 1. The third-order valence-corrected chi connectivity index (χ3v) is 4.91. The lowest BCUT2D eigenvalue weighted by Gasteiger charge is -2.17. The van der Waals surface area contributed by atoms with E-state index in [1.165, 1.54) is 11.1 Å². The molecule has 0 spiro atoms. The molecule has 3 N–H and O–H groups in total. The number of rotatable bonds is 11. The number of hydrogen-bond acceptors (Lipinski definition) is 4. The van der Waals surface area contributed by atoms with Crippen molar-refractivity contribution in [2.45, 2.75) is 40.2 Å². The molecule has 1 amide bonds. The first kappa shape index (κ1) is 28.5. The zero-order chi connectivity index (χ0) is 23.3. The molecule has 182 valence electrons. The summed E-state index contributed by atoms with van der Waals surface area (Å²) in [5.41, 5.74) is 3.56. The predicted octanol–water partition coefficient (Wildman–Crippen LogP) is 4.00. The fourth-order valence-corrected chi connectivity index (χ4v) is 3.18. The van der Waals surface area contributed by atoms with E-state index in [0.717, 1.165) is 24.6 Å². The highest BCUT2D eigenvalue weighted by Gasteiger charge is 2.10. The Kier molecular flexibility index (Phi) is 13.3. The third kappa shape index (κ3) is 9.89. The molecule has 0 aliphatic rings. The number of nitrogens with one attached hydrogen (secondary N) is 3. The minimum atomic E-state index is -0.163. The van der Waals surface area contributed by atoms with Crippen LogP contribution in [0.1, 0.15) is 43.4 Å². The molecule has 33 heavy (non-hydrogen) atoms. The smallest absolute Gasteiger partial charge is 0.257 e. The van der Waals surface area contributed by atoms with E-state index in [1.54, 1.807) is 7.11 Å². The lowest BCUT2D eigenvalue weighted by molar-refractivity contribution is -0.123. The first-order valence-electron chi connectivity index (χ1n) is 11.1. The lowest BCUT2D eigenvalue weighted by Crippen LogP contribution is -2.39. The quantitative estimate of drug-likeness (QED) is 0.217. The van der Waals surface area contributed by atoms with Crippen LogP contribution in [-0.4, -0.2) is 45.2 Å². The molecule has 0 saturated carbocycles. The molecule has 0 bridgehead atoms. The van der Waals surface area contributed by atoms with Crippen molar-refractivity contribution in [1.29, 1.82) is 0 Å². The normalized spacial score (nSPS) is 11.7. The van der Waals surface area contributed by atoms with Crippen molar-refractivity contribution in [3.63, 3.8) is 0 Å². The van der Waals surface area contributed by atoms with E-state index < -0.39 is 0 Å². The monoisotopic (exact) mass is 568 g/mol. The summed E-state index contributed by atoms with van der Waals surface area (Å²) in [6.45, 7) is 10.8. The Morgan fingerprint density at radius 2 is 1.79 bits per heavy atom. The van der Waals surface area contributed by atoms with Gasteiger partial charge < -0.3 is 25.4 Å². The maximum Gasteiger partial charge on any atom is 0.257 e. The Balaban J connectivity index is 0.00000544. The van der Waals surface area contributed by atoms with Crippen molar-refractivity contribution in [3.8, 4) is 11.5 Å². The van der Waals surface area contributed by atoms with Crippen molar-refractivity contribution >= 4 is 35.8 Å². The standard InChI is InChI=1S/C25H36N4O3.HI/c1-6-26-24(30)17-32-22-12-11-20(14-23(22)31-5)16-29-25(27-7-2)28-15-19(4)21-10-8-9-18(3)13-21;/h8-14,19H,6-7,15-17H2,1-5H3,(H,26,30)(H2,27,28,29);1H. The number of carbonyl (C=O) groups is 1. The third-order valence-electron chi connectivity index (χ3n) is 4.91. The van der Waals surface area contributed by atoms with Gasteiger partial charge in [-0.15, -0.1) is 24.0 Å². The minimum absolute atomic E-state index is 0. The zero-order valence-electron chi connectivity index (χ0n) is 20.2. The van der Waals surface area contributed by atoms with Crippen molar-refractivity contribution in [2.75, 3.05) is 33.4 Å². The molecule has 2 rings (SSSR count). The summed E-state index contributed by atoms with van der Waals surface area (Å²) >= 11 is 0. The number of benzene rings is 2. The van der Waals surface area contributed by atoms with Crippen LogP contribution in [0.4, 0.5) is 0 Å². The SMILES string of the molecule is CCNC(=O)COc1ccc(CN=C(NCC)NCC(C)c2cccc(C)c2)cc1OC.I. The Morgan fingerprint density at radius 1 is 1.03 bits per heavy atom. The minimum Gasteiger partial charge on any atom is -0.493 e. The number of aliphatic imine (C=N–C) groups is 1. The van der Waals surface area contributed by atoms with Crippen LogP contribution in [0.3, 0.4) is 0 Å². The maximum atomic E-state index is 11.6. The molecule has 2 aromatic carbocycles. The lowest BCUT2D eigenvalue weighted by atomic mass is 9.99. The van der Waals surface area contributed by atoms with Gasteiger partial charge >= 0.3 is 0 Å². The van der Waals surface area contributed by atoms with Gasteiger partial charge in [0.05, 0.1) is 13.7 Å². The molecule has 0 fully saturated rings. The molecule has 7 nitrogen and oxygen atoms in total. The van der Waals surface area contributed by atoms with Crippen LogP contribution in [0.15, 0.2) is 47.5 Å². The number of carbonyl (C=O) groups excluding carboxylic acids is 1. The highest BCUT2D eigenvalue weighted by Crippen LogP contribution is 2.28. The van der Waals surface area contributed by atoms with E-state index >= 15 is 0 Å². The summed E-state index contributed by atoms with van der Waals surface area (Å²) in [6, 6.07) is 14.2. The van der Waals surface area contributed by atoms with Crippen molar-refractivity contribution in [2.24, 2.45) is 4.99 Å². The zero-order valence-corrected chi connectivity index (χ0v) is 22.6. The molecule has 0 aliphatic heterocycles. The topological polar surface area (TPSA) is 84.0 Å². The van der Waals surface area contributed by atoms with Crippen LogP contribution in [-0.2, 0) is 11.3 Å². The van der Waals surface area contributed by atoms with E-state index in [1.807, 2.05) is 32.0 Å². The Bertz CT molecular complexity index is 905. The number of guanidine groups is 1. The number of hydrogen-bond donors (Lipinski definition) is 3. The van der Waals surface area contributed by atoms with Gasteiger partial charge in [-0.1, -0.05) is 42.8 Å². The molecule has 0 radical (unpaired) electrons. The summed E-state index contributed by atoms with van der Waals surface area (Å²) in [5.74, 6) is 2.07. The summed E-state index contributed by atoms with van der Waals surface area (Å²) in [5, 5.41) is 9.43. The van der Waals surface area contributed by atoms with Crippen LogP contribution in [0.5, 0.6) is 11.5 Å². The summed E-state index contributed by atoms with van der Waals surface area (Å²) in [4.78, 5) is 16.3. The molecule has 1 atom stereocenters. The maximum absolute atomic E-state index is 11.6. The van der Waals surface area contributed by atoms with Gasteiger partial charge in [-0.25, -0.2) is 4.99 Å². The molecule has 0 aromatic heterocycles. The molecular formula is C25H37IN4O3. The van der Waals surface area contributed by atoms with E-state index in [-0.39, 0.29) is 36.5 Å². The molecule has 2 aromatic rings. The number of ether oxygens (including phenoxy) is 2. The van der Waals surface area contributed by atoms with Crippen LogP contribution in [0.25, 0.3) is 0 Å². The van der Waals surface area contributed by atoms with Gasteiger partial charge in [-0.2, -0.15) is 0 Å². The first-order valence-corrected chi connectivity index (χ1v) is 11.1. The highest BCUT2D eigenvalue weighted by molar-refractivity contribution is 14.0. The van der Waals surface area contributed by atoms with Crippen LogP contribution in [0, 0.1) is 6.92 Å². The van der Waals surface area contributed by atoms with Crippen molar-refractivity contribution in [1.82, 2.24) is 16.0 Å². The van der Waals surface area contributed by atoms with Gasteiger partial charge in [0.15, 0.2) is 24.1 Å². The average molecular weight is 569 g/mol.